The number of halogens is 2. The summed E-state index contributed by atoms with van der Waals surface area (Å²) in [6, 6.07) is 6.31. The van der Waals surface area contributed by atoms with Crippen LogP contribution in [0.2, 0.25) is 5.02 Å². The normalized spacial score (nSPS) is 12.9. The Kier molecular flexibility index (Phi) is 4.94. The lowest BCUT2D eigenvalue weighted by Crippen LogP contribution is -2.33. The molecule has 1 rings (SSSR count). The molecule has 1 atom stereocenters. The van der Waals surface area contributed by atoms with E-state index in [0.717, 1.165) is 16.3 Å². The van der Waals surface area contributed by atoms with Gasteiger partial charge >= 0.3 is 0 Å². The van der Waals surface area contributed by atoms with E-state index in [1.807, 2.05) is 18.2 Å². The maximum atomic E-state index is 6.25. The second kappa shape index (κ2) is 5.79. The van der Waals surface area contributed by atoms with Crippen molar-refractivity contribution in [3.63, 3.8) is 0 Å². The molecule has 16 heavy (non-hydrogen) atoms. The molecule has 90 valence electrons. The summed E-state index contributed by atoms with van der Waals surface area (Å²) in [4.78, 5) is 2.21. The van der Waals surface area contributed by atoms with Crippen molar-refractivity contribution in [2.24, 2.45) is 5.92 Å². The van der Waals surface area contributed by atoms with Gasteiger partial charge in [-0.2, -0.15) is 0 Å². The van der Waals surface area contributed by atoms with Crippen molar-refractivity contribution < 1.29 is 0 Å². The van der Waals surface area contributed by atoms with Crippen LogP contribution < -0.4 is 4.90 Å². The van der Waals surface area contributed by atoms with Gasteiger partial charge in [0.05, 0.1) is 10.7 Å². The molecular formula is C13H19Cl2N. The smallest absolute Gasteiger partial charge is 0.0642 e. The number of anilines is 1. The minimum Gasteiger partial charge on any atom is -0.370 e. The summed E-state index contributed by atoms with van der Waals surface area (Å²) in [6.45, 7) is 6.61. The SMILES string of the molecule is CC(C)C(C)N(C)c1c(Cl)cccc1CCl. The van der Waals surface area contributed by atoms with Crippen LogP contribution in [0, 0.1) is 5.92 Å². The van der Waals surface area contributed by atoms with E-state index in [1.165, 1.54) is 0 Å². The van der Waals surface area contributed by atoms with Crippen LogP contribution in [0.4, 0.5) is 5.69 Å². The van der Waals surface area contributed by atoms with Gasteiger partial charge in [0, 0.05) is 19.0 Å². The maximum absolute atomic E-state index is 6.25. The lowest BCUT2D eigenvalue weighted by atomic mass is 10.0. The van der Waals surface area contributed by atoms with Crippen molar-refractivity contribution in [2.45, 2.75) is 32.7 Å². The van der Waals surface area contributed by atoms with Crippen LogP contribution in [0.15, 0.2) is 18.2 Å². The summed E-state index contributed by atoms with van der Waals surface area (Å²) in [5.41, 5.74) is 2.14. The molecule has 0 aliphatic heterocycles. The number of nitrogens with zero attached hydrogens (tertiary/aromatic N) is 1. The molecule has 0 aromatic heterocycles. The van der Waals surface area contributed by atoms with Gasteiger partial charge in [-0.1, -0.05) is 37.6 Å². The van der Waals surface area contributed by atoms with Gasteiger partial charge in [0.15, 0.2) is 0 Å². The van der Waals surface area contributed by atoms with Crippen molar-refractivity contribution in [2.75, 3.05) is 11.9 Å². The second-order valence-electron chi connectivity index (χ2n) is 4.48. The lowest BCUT2D eigenvalue weighted by Gasteiger charge is -2.32. The van der Waals surface area contributed by atoms with Crippen molar-refractivity contribution >= 4 is 28.9 Å². The zero-order chi connectivity index (χ0) is 12.3. The Hall–Kier alpha value is -0.400. The zero-order valence-corrected chi connectivity index (χ0v) is 11.8. The largest absolute Gasteiger partial charge is 0.370 e. The van der Waals surface area contributed by atoms with Crippen LogP contribution in [-0.4, -0.2) is 13.1 Å². The molecule has 0 amide bonds. The monoisotopic (exact) mass is 259 g/mol. The first-order valence-corrected chi connectivity index (χ1v) is 6.46. The minimum absolute atomic E-state index is 0.432. The molecule has 0 aliphatic rings. The third-order valence-corrected chi connectivity index (χ3v) is 3.74. The van der Waals surface area contributed by atoms with Gasteiger partial charge in [-0.3, -0.25) is 0 Å². The van der Waals surface area contributed by atoms with Crippen molar-refractivity contribution in [3.8, 4) is 0 Å². The van der Waals surface area contributed by atoms with Gasteiger partial charge in [0.1, 0.15) is 0 Å². The number of benzene rings is 1. The predicted molar refractivity (Wildman–Crippen MR) is 73.7 cm³/mol. The molecule has 0 fully saturated rings. The first kappa shape index (κ1) is 13.7. The average molecular weight is 260 g/mol. The number of rotatable bonds is 4. The maximum Gasteiger partial charge on any atom is 0.0642 e. The molecule has 0 spiro atoms. The highest BCUT2D eigenvalue weighted by Gasteiger charge is 2.18. The van der Waals surface area contributed by atoms with Crippen LogP contribution >= 0.6 is 23.2 Å². The Balaban J connectivity index is 3.11. The van der Waals surface area contributed by atoms with Crippen LogP contribution in [0.5, 0.6) is 0 Å². The van der Waals surface area contributed by atoms with Gasteiger partial charge in [-0.25, -0.2) is 0 Å². The first-order valence-electron chi connectivity index (χ1n) is 5.55. The summed E-state index contributed by atoms with van der Waals surface area (Å²) in [6.07, 6.45) is 0. The molecule has 0 bridgehead atoms. The minimum atomic E-state index is 0.432. The highest BCUT2D eigenvalue weighted by molar-refractivity contribution is 6.33. The third-order valence-electron chi connectivity index (χ3n) is 3.14. The van der Waals surface area contributed by atoms with Crippen LogP contribution in [0.1, 0.15) is 26.3 Å². The topological polar surface area (TPSA) is 3.24 Å². The van der Waals surface area contributed by atoms with E-state index in [9.17, 15) is 0 Å². The Labute approximate surface area is 108 Å². The molecule has 0 heterocycles. The van der Waals surface area contributed by atoms with Crippen LogP contribution in [0.25, 0.3) is 0 Å². The molecular weight excluding hydrogens is 241 g/mol. The molecule has 3 heteroatoms. The lowest BCUT2D eigenvalue weighted by molar-refractivity contribution is 0.505. The van der Waals surface area contributed by atoms with Crippen molar-refractivity contribution in [3.05, 3.63) is 28.8 Å². The van der Waals surface area contributed by atoms with E-state index < -0.39 is 0 Å². The zero-order valence-electron chi connectivity index (χ0n) is 10.3. The van der Waals surface area contributed by atoms with E-state index in [0.29, 0.717) is 17.8 Å². The third kappa shape index (κ3) is 2.83. The molecule has 1 nitrogen and oxygen atoms in total. The standard InChI is InChI=1S/C13H19Cl2N/c1-9(2)10(3)16(4)13-11(8-14)6-5-7-12(13)15/h5-7,9-10H,8H2,1-4H3. The molecule has 1 aromatic carbocycles. The highest BCUT2D eigenvalue weighted by Crippen LogP contribution is 2.32. The van der Waals surface area contributed by atoms with E-state index in [1.54, 1.807) is 0 Å². The number of hydrogen-bond donors (Lipinski definition) is 0. The Morgan fingerprint density at radius 3 is 2.38 bits per heavy atom. The molecule has 0 radical (unpaired) electrons. The Bertz CT molecular complexity index is 350. The summed E-state index contributed by atoms with van der Waals surface area (Å²) >= 11 is 12.2. The molecule has 0 saturated heterocycles. The van der Waals surface area contributed by atoms with E-state index in [-0.39, 0.29) is 0 Å². The molecule has 0 saturated carbocycles. The molecule has 0 N–H and O–H groups in total. The van der Waals surface area contributed by atoms with Crippen molar-refractivity contribution in [1.82, 2.24) is 0 Å². The second-order valence-corrected chi connectivity index (χ2v) is 5.15. The van der Waals surface area contributed by atoms with Crippen LogP contribution in [-0.2, 0) is 5.88 Å². The molecule has 1 aromatic rings. The molecule has 1 unspecified atom stereocenters. The Morgan fingerprint density at radius 2 is 1.88 bits per heavy atom. The number of hydrogen-bond acceptors (Lipinski definition) is 1. The Morgan fingerprint density at radius 1 is 1.25 bits per heavy atom. The van der Waals surface area contributed by atoms with Gasteiger partial charge < -0.3 is 4.90 Å². The summed E-state index contributed by atoms with van der Waals surface area (Å²) in [5.74, 6) is 1.06. The predicted octanol–water partition coefficient (Wildman–Crippen LogP) is 4.56. The van der Waals surface area contributed by atoms with Gasteiger partial charge in [0.2, 0.25) is 0 Å². The summed E-state index contributed by atoms with van der Waals surface area (Å²) in [7, 11) is 2.07. The fourth-order valence-corrected chi connectivity index (χ4v) is 2.26. The number of para-hydroxylation sites is 1. The van der Waals surface area contributed by atoms with Gasteiger partial charge in [-0.15, -0.1) is 11.6 Å². The van der Waals surface area contributed by atoms with Gasteiger partial charge in [0.25, 0.3) is 0 Å². The number of alkyl halides is 1. The van der Waals surface area contributed by atoms with E-state index >= 15 is 0 Å². The highest BCUT2D eigenvalue weighted by atomic mass is 35.5. The van der Waals surface area contributed by atoms with Crippen molar-refractivity contribution in [1.29, 1.82) is 0 Å². The van der Waals surface area contributed by atoms with Crippen LogP contribution in [0.3, 0.4) is 0 Å². The van der Waals surface area contributed by atoms with E-state index in [4.69, 9.17) is 23.2 Å². The van der Waals surface area contributed by atoms with E-state index in [2.05, 4.69) is 32.7 Å². The summed E-state index contributed by atoms with van der Waals surface area (Å²) < 4.78 is 0. The van der Waals surface area contributed by atoms with Gasteiger partial charge in [-0.05, 0) is 24.5 Å². The molecule has 0 aliphatic carbocycles. The first-order chi connectivity index (χ1) is 7.49. The summed E-state index contributed by atoms with van der Waals surface area (Å²) in [5, 5.41) is 0.771. The average Bonchev–Trinajstić information content (AvgIpc) is 2.26. The fourth-order valence-electron chi connectivity index (χ4n) is 1.71. The quantitative estimate of drug-likeness (QED) is 0.717. The fraction of sp³-hybridized carbons (Fsp3) is 0.538.